The first-order chi connectivity index (χ1) is 11.6. The fourth-order valence-electron chi connectivity index (χ4n) is 3.43. The quantitative estimate of drug-likeness (QED) is 0.800. The van der Waals surface area contributed by atoms with Crippen LogP contribution in [0.5, 0.6) is 0 Å². The standard InChI is InChI=1S/C21H25N3/c1-4-15-12-19(23-17-8-9-17)18-11-14(3)22-21(18)24-20(15)16-7-5-6-13(2)10-16/h5-7,10-11,17,22,24H,4,8-9,12H2,1-3H3. The molecule has 1 aromatic carbocycles. The van der Waals surface area contributed by atoms with E-state index in [1.54, 1.807) is 0 Å². The number of hydrogen-bond acceptors (Lipinski definition) is 2. The number of benzene rings is 1. The maximum atomic E-state index is 5.03. The van der Waals surface area contributed by atoms with Gasteiger partial charge in [-0.2, -0.15) is 0 Å². The SMILES string of the molecule is CCC1=C(c2cccc(C)c2)Nc2[nH]c(C)cc2C(=NC2CC2)C1. The Bertz CT molecular complexity index is 835. The number of aromatic nitrogens is 1. The van der Waals surface area contributed by atoms with Gasteiger partial charge in [0.15, 0.2) is 0 Å². The largest absolute Gasteiger partial charge is 0.345 e. The molecule has 1 aliphatic heterocycles. The molecule has 124 valence electrons. The van der Waals surface area contributed by atoms with Gasteiger partial charge in [0.2, 0.25) is 0 Å². The van der Waals surface area contributed by atoms with Crippen LogP contribution >= 0.6 is 0 Å². The zero-order valence-electron chi connectivity index (χ0n) is 14.7. The summed E-state index contributed by atoms with van der Waals surface area (Å²) < 4.78 is 0. The molecule has 0 radical (unpaired) electrons. The van der Waals surface area contributed by atoms with Gasteiger partial charge in [0, 0.05) is 23.4 Å². The van der Waals surface area contributed by atoms with Crippen LogP contribution in [-0.4, -0.2) is 16.7 Å². The molecule has 24 heavy (non-hydrogen) atoms. The van der Waals surface area contributed by atoms with Crippen molar-refractivity contribution in [2.45, 2.75) is 52.5 Å². The van der Waals surface area contributed by atoms with Crippen molar-refractivity contribution in [3.8, 4) is 0 Å². The molecular weight excluding hydrogens is 294 g/mol. The maximum Gasteiger partial charge on any atom is 0.117 e. The molecule has 1 saturated carbocycles. The van der Waals surface area contributed by atoms with Crippen LogP contribution < -0.4 is 5.32 Å². The zero-order valence-corrected chi connectivity index (χ0v) is 14.7. The molecule has 0 atom stereocenters. The summed E-state index contributed by atoms with van der Waals surface area (Å²) >= 11 is 0. The highest BCUT2D eigenvalue weighted by molar-refractivity contribution is 6.09. The van der Waals surface area contributed by atoms with Gasteiger partial charge < -0.3 is 10.3 Å². The number of hydrogen-bond donors (Lipinski definition) is 2. The van der Waals surface area contributed by atoms with E-state index in [1.807, 2.05) is 0 Å². The van der Waals surface area contributed by atoms with Crippen molar-refractivity contribution < 1.29 is 0 Å². The zero-order chi connectivity index (χ0) is 16.7. The van der Waals surface area contributed by atoms with E-state index >= 15 is 0 Å². The number of H-pyrrole nitrogens is 1. The molecule has 3 heteroatoms. The molecule has 2 aromatic rings. The molecule has 0 spiro atoms. The number of nitrogens with zero attached hydrogens (tertiary/aromatic N) is 1. The van der Waals surface area contributed by atoms with Crippen LogP contribution in [0.15, 0.2) is 40.9 Å². The summed E-state index contributed by atoms with van der Waals surface area (Å²) in [5, 5.41) is 3.69. The third kappa shape index (κ3) is 2.91. The van der Waals surface area contributed by atoms with Gasteiger partial charge in [0.1, 0.15) is 5.82 Å². The van der Waals surface area contributed by atoms with Crippen molar-refractivity contribution in [1.82, 2.24) is 4.98 Å². The van der Waals surface area contributed by atoms with Crippen LogP contribution in [0.3, 0.4) is 0 Å². The summed E-state index contributed by atoms with van der Waals surface area (Å²) in [6.07, 6.45) is 4.45. The summed E-state index contributed by atoms with van der Waals surface area (Å²) in [5.74, 6) is 1.09. The molecule has 0 bridgehead atoms. The van der Waals surface area contributed by atoms with Gasteiger partial charge >= 0.3 is 0 Å². The lowest BCUT2D eigenvalue weighted by atomic mass is 9.98. The number of aliphatic imine (C=N–C) groups is 1. The van der Waals surface area contributed by atoms with Crippen LogP contribution in [0, 0.1) is 13.8 Å². The van der Waals surface area contributed by atoms with Gasteiger partial charge in [-0.15, -0.1) is 0 Å². The second-order valence-electron chi connectivity index (χ2n) is 7.05. The monoisotopic (exact) mass is 319 g/mol. The average molecular weight is 319 g/mol. The number of nitrogens with one attached hydrogen (secondary N) is 2. The summed E-state index contributed by atoms with van der Waals surface area (Å²) in [4.78, 5) is 8.52. The lowest BCUT2D eigenvalue weighted by Crippen LogP contribution is -2.03. The Morgan fingerprint density at radius 1 is 1.17 bits per heavy atom. The highest BCUT2D eigenvalue weighted by Gasteiger charge is 2.26. The van der Waals surface area contributed by atoms with Gasteiger partial charge in [-0.25, -0.2) is 0 Å². The molecule has 2 heterocycles. The predicted molar refractivity (Wildman–Crippen MR) is 102 cm³/mol. The molecule has 0 amide bonds. The van der Waals surface area contributed by atoms with E-state index in [0.29, 0.717) is 6.04 Å². The van der Waals surface area contributed by atoms with Crippen LogP contribution in [0.1, 0.15) is 55.0 Å². The van der Waals surface area contributed by atoms with Crippen molar-refractivity contribution in [2.24, 2.45) is 4.99 Å². The molecule has 1 aliphatic carbocycles. The maximum absolute atomic E-state index is 5.03. The van der Waals surface area contributed by atoms with Crippen molar-refractivity contribution in [3.63, 3.8) is 0 Å². The Morgan fingerprint density at radius 3 is 2.71 bits per heavy atom. The highest BCUT2D eigenvalue weighted by Crippen LogP contribution is 2.35. The number of rotatable bonds is 3. The lowest BCUT2D eigenvalue weighted by Gasteiger charge is -2.14. The topological polar surface area (TPSA) is 40.2 Å². The molecule has 0 unspecified atom stereocenters. The molecule has 1 aromatic heterocycles. The second kappa shape index (κ2) is 5.97. The third-order valence-corrected chi connectivity index (χ3v) is 4.87. The minimum atomic E-state index is 0.543. The van der Waals surface area contributed by atoms with Gasteiger partial charge in [0.25, 0.3) is 0 Å². The van der Waals surface area contributed by atoms with E-state index in [4.69, 9.17) is 4.99 Å². The molecular formula is C21H25N3. The number of anilines is 1. The predicted octanol–water partition coefficient (Wildman–Crippen LogP) is 5.22. The van der Waals surface area contributed by atoms with Crippen LogP contribution in [0.2, 0.25) is 0 Å². The Balaban J connectivity index is 1.85. The van der Waals surface area contributed by atoms with E-state index in [-0.39, 0.29) is 0 Å². The number of fused-ring (bicyclic) bond motifs is 1. The van der Waals surface area contributed by atoms with Crippen LogP contribution in [-0.2, 0) is 0 Å². The molecule has 2 N–H and O–H groups in total. The van der Waals surface area contributed by atoms with E-state index in [9.17, 15) is 0 Å². The number of aromatic amines is 1. The highest BCUT2D eigenvalue weighted by atomic mass is 15.0. The van der Waals surface area contributed by atoms with Crippen molar-refractivity contribution >= 4 is 17.2 Å². The normalized spacial score (nSPS) is 19.2. The first-order valence-electron chi connectivity index (χ1n) is 8.96. The fourth-order valence-corrected chi connectivity index (χ4v) is 3.43. The Kier molecular flexibility index (Phi) is 3.79. The molecule has 0 saturated heterocycles. The lowest BCUT2D eigenvalue weighted by molar-refractivity contribution is 1.02. The summed E-state index contributed by atoms with van der Waals surface area (Å²) in [5.41, 5.74) is 8.89. The van der Waals surface area contributed by atoms with Crippen LogP contribution in [0.4, 0.5) is 5.82 Å². The van der Waals surface area contributed by atoms with Crippen molar-refractivity contribution in [3.05, 3.63) is 58.3 Å². The Hall–Kier alpha value is -2.29. The minimum absolute atomic E-state index is 0.543. The summed E-state index contributed by atoms with van der Waals surface area (Å²) in [6.45, 7) is 6.50. The van der Waals surface area contributed by atoms with Gasteiger partial charge in [-0.3, -0.25) is 4.99 Å². The minimum Gasteiger partial charge on any atom is -0.345 e. The molecule has 3 nitrogen and oxygen atoms in total. The van der Waals surface area contributed by atoms with E-state index in [0.717, 1.165) is 18.7 Å². The second-order valence-corrected chi connectivity index (χ2v) is 7.05. The first-order valence-corrected chi connectivity index (χ1v) is 8.96. The van der Waals surface area contributed by atoms with E-state index in [2.05, 4.69) is 61.4 Å². The van der Waals surface area contributed by atoms with Gasteiger partial charge in [-0.1, -0.05) is 30.7 Å². The number of aryl methyl sites for hydroxylation is 2. The fraction of sp³-hybridized carbons (Fsp3) is 0.381. The van der Waals surface area contributed by atoms with E-state index in [1.165, 1.54) is 52.2 Å². The summed E-state index contributed by atoms with van der Waals surface area (Å²) in [6, 6.07) is 11.5. The average Bonchev–Trinajstić information content (AvgIpc) is 3.32. The van der Waals surface area contributed by atoms with E-state index < -0.39 is 0 Å². The Labute approximate surface area is 143 Å². The van der Waals surface area contributed by atoms with Crippen molar-refractivity contribution in [2.75, 3.05) is 5.32 Å². The van der Waals surface area contributed by atoms with Gasteiger partial charge in [-0.05, 0) is 56.4 Å². The van der Waals surface area contributed by atoms with Crippen molar-refractivity contribution in [1.29, 1.82) is 0 Å². The van der Waals surface area contributed by atoms with Gasteiger partial charge in [0.05, 0.1) is 11.8 Å². The molecule has 1 fully saturated rings. The Morgan fingerprint density at radius 2 is 2.00 bits per heavy atom. The van der Waals surface area contributed by atoms with Crippen LogP contribution in [0.25, 0.3) is 5.70 Å². The summed E-state index contributed by atoms with van der Waals surface area (Å²) in [7, 11) is 0. The first kappa shape index (κ1) is 15.3. The molecule has 2 aliphatic rings. The third-order valence-electron chi connectivity index (χ3n) is 4.87. The molecule has 4 rings (SSSR count). The number of allylic oxidation sites excluding steroid dienone is 1. The smallest absolute Gasteiger partial charge is 0.117 e.